The second kappa shape index (κ2) is 8.45. The number of aromatic hydroxyl groups is 1. The number of hydrogen-bond acceptors (Lipinski definition) is 9. The van der Waals surface area contributed by atoms with E-state index in [4.69, 9.17) is 4.74 Å². The lowest BCUT2D eigenvalue weighted by Gasteiger charge is -2.20. The molecule has 0 fully saturated rings. The number of amidine groups is 1. The van der Waals surface area contributed by atoms with Crippen molar-refractivity contribution in [1.29, 1.82) is 0 Å². The number of aromatic nitrogens is 4. The Labute approximate surface area is 204 Å². The van der Waals surface area contributed by atoms with Crippen LogP contribution in [0.3, 0.4) is 0 Å². The predicted octanol–water partition coefficient (Wildman–Crippen LogP) is 2.51. The molecule has 0 aliphatic carbocycles. The van der Waals surface area contributed by atoms with E-state index in [0.717, 1.165) is 0 Å². The molecule has 186 valence electrons. The third-order valence-electron chi connectivity index (χ3n) is 5.71. The first-order valence-corrected chi connectivity index (χ1v) is 12.5. The van der Waals surface area contributed by atoms with Crippen LogP contribution in [-0.4, -0.2) is 44.8 Å². The number of esters is 1. The van der Waals surface area contributed by atoms with Crippen molar-refractivity contribution in [1.82, 2.24) is 19.5 Å². The lowest BCUT2D eigenvalue weighted by atomic mass is 10.1. The summed E-state index contributed by atoms with van der Waals surface area (Å²) < 4.78 is 36.8. The summed E-state index contributed by atoms with van der Waals surface area (Å²) in [4.78, 5) is 35.6. The standard InChI is InChI=1S/C23H22N6O6S/c1-11(2)8-10-29-21-13(5-4-9-24-21)18(31)16(22(29)32)20-25-15-7-6-14-17(19(15)36(33,34)28-20)27-23(26-14)35-12(3)30/h4-7,9,11,31H,8,10H2,1-3H3,(H,25,28)(H,26,27). The van der Waals surface area contributed by atoms with E-state index in [1.54, 1.807) is 18.2 Å². The fraction of sp³-hybridized carbons (Fsp3) is 0.261. The summed E-state index contributed by atoms with van der Waals surface area (Å²) in [6.07, 6.45) is 2.18. The van der Waals surface area contributed by atoms with Crippen LogP contribution in [0.2, 0.25) is 0 Å². The third-order valence-corrected chi connectivity index (χ3v) is 7.06. The number of aromatic amines is 1. The molecular weight excluding hydrogens is 488 g/mol. The van der Waals surface area contributed by atoms with Gasteiger partial charge in [-0.1, -0.05) is 13.8 Å². The summed E-state index contributed by atoms with van der Waals surface area (Å²) in [5.74, 6) is -1.08. The number of anilines is 1. The number of hydrogen-bond donors (Lipinski definition) is 3. The number of benzene rings is 1. The van der Waals surface area contributed by atoms with Gasteiger partial charge >= 0.3 is 12.0 Å². The monoisotopic (exact) mass is 510 g/mol. The third kappa shape index (κ3) is 3.86. The molecule has 1 aliphatic heterocycles. The quantitative estimate of drug-likeness (QED) is 0.342. The lowest BCUT2D eigenvalue weighted by Crippen LogP contribution is -2.33. The Morgan fingerprint density at radius 3 is 2.75 bits per heavy atom. The number of ether oxygens (including phenoxy) is 1. The number of pyridine rings is 2. The molecule has 36 heavy (non-hydrogen) atoms. The van der Waals surface area contributed by atoms with Gasteiger partial charge in [-0.15, -0.1) is 4.40 Å². The molecule has 0 bridgehead atoms. The van der Waals surface area contributed by atoms with Crippen molar-refractivity contribution in [2.45, 2.75) is 38.6 Å². The molecule has 12 nitrogen and oxygen atoms in total. The summed E-state index contributed by atoms with van der Waals surface area (Å²) in [5, 5.41) is 14.2. The molecule has 5 rings (SSSR count). The van der Waals surface area contributed by atoms with Crippen molar-refractivity contribution < 1.29 is 23.1 Å². The van der Waals surface area contributed by atoms with E-state index in [9.17, 15) is 23.1 Å². The SMILES string of the molecule is CC(=O)Oc1nc2c3c(ccc2[nH]1)NC(c1c(O)c2cccnc2n(CCC(C)C)c1=O)=NS3(=O)=O. The van der Waals surface area contributed by atoms with Gasteiger partial charge in [0.05, 0.1) is 16.6 Å². The molecule has 13 heteroatoms. The van der Waals surface area contributed by atoms with Crippen molar-refractivity contribution in [3.63, 3.8) is 0 Å². The van der Waals surface area contributed by atoms with E-state index in [0.29, 0.717) is 30.0 Å². The molecular formula is C23H22N6O6S. The molecule has 0 amide bonds. The van der Waals surface area contributed by atoms with E-state index >= 15 is 0 Å². The summed E-state index contributed by atoms with van der Waals surface area (Å²) in [5.41, 5.74) is -0.184. The fourth-order valence-corrected chi connectivity index (χ4v) is 5.33. The average Bonchev–Trinajstić information content (AvgIpc) is 3.19. The highest BCUT2D eigenvalue weighted by atomic mass is 32.2. The largest absolute Gasteiger partial charge is 0.506 e. The van der Waals surface area contributed by atoms with Crippen molar-refractivity contribution in [2.75, 3.05) is 5.32 Å². The first-order chi connectivity index (χ1) is 17.1. The summed E-state index contributed by atoms with van der Waals surface area (Å²) in [6, 6.07) is 6.06. The van der Waals surface area contributed by atoms with Crippen LogP contribution in [0.15, 0.2) is 44.6 Å². The Morgan fingerprint density at radius 1 is 1.25 bits per heavy atom. The number of aryl methyl sites for hydroxylation is 1. The van der Waals surface area contributed by atoms with Crippen LogP contribution in [0, 0.1) is 5.92 Å². The number of sulfonamides is 1. The highest BCUT2D eigenvalue weighted by Gasteiger charge is 2.33. The maximum atomic E-state index is 13.5. The Bertz CT molecular complexity index is 1750. The minimum absolute atomic E-state index is 0.0142. The Hall–Kier alpha value is -4.26. The number of H-pyrrole nitrogens is 1. The molecule has 4 heterocycles. The molecule has 0 saturated heterocycles. The number of imidazole rings is 1. The second-order valence-corrected chi connectivity index (χ2v) is 10.3. The predicted molar refractivity (Wildman–Crippen MR) is 132 cm³/mol. The van der Waals surface area contributed by atoms with Crippen LogP contribution in [0.1, 0.15) is 32.8 Å². The molecule has 1 aliphatic rings. The summed E-state index contributed by atoms with van der Waals surface area (Å²) in [6.45, 7) is 5.54. The van der Waals surface area contributed by atoms with Gasteiger partial charge < -0.3 is 20.1 Å². The summed E-state index contributed by atoms with van der Waals surface area (Å²) in [7, 11) is -4.38. The van der Waals surface area contributed by atoms with Crippen LogP contribution in [0.25, 0.3) is 22.1 Å². The average molecular weight is 511 g/mol. The van der Waals surface area contributed by atoms with E-state index in [1.165, 1.54) is 23.8 Å². The number of nitrogens with one attached hydrogen (secondary N) is 2. The number of rotatable bonds is 5. The minimum atomic E-state index is -4.38. The highest BCUT2D eigenvalue weighted by Crippen LogP contribution is 2.36. The molecule has 4 aromatic rings. The number of fused-ring (bicyclic) bond motifs is 4. The van der Waals surface area contributed by atoms with Crippen LogP contribution < -0.4 is 15.6 Å². The second-order valence-electron chi connectivity index (χ2n) is 8.75. The van der Waals surface area contributed by atoms with Crippen LogP contribution in [0.4, 0.5) is 5.69 Å². The number of nitrogens with zero attached hydrogens (tertiary/aromatic N) is 4. The van der Waals surface area contributed by atoms with Gasteiger partial charge in [-0.2, -0.15) is 13.4 Å². The van der Waals surface area contributed by atoms with Crippen molar-refractivity contribution >= 4 is 49.6 Å². The van der Waals surface area contributed by atoms with Gasteiger partial charge in [0.25, 0.3) is 15.6 Å². The van der Waals surface area contributed by atoms with E-state index in [-0.39, 0.29) is 38.9 Å². The van der Waals surface area contributed by atoms with Gasteiger partial charge in [0.15, 0.2) is 5.84 Å². The maximum Gasteiger partial charge on any atom is 0.310 e. The highest BCUT2D eigenvalue weighted by molar-refractivity contribution is 7.90. The van der Waals surface area contributed by atoms with Crippen molar-refractivity contribution in [3.8, 4) is 11.8 Å². The smallest absolute Gasteiger partial charge is 0.310 e. The first kappa shape index (κ1) is 23.5. The molecule has 0 unspecified atom stereocenters. The van der Waals surface area contributed by atoms with Gasteiger partial charge in [0.1, 0.15) is 27.4 Å². The van der Waals surface area contributed by atoms with Gasteiger partial charge in [0, 0.05) is 19.7 Å². The van der Waals surface area contributed by atoms with Gasteiger partial charge in [0.2, 0.25) is 0 Å². The molecule has 0 atom stereocenters. The van der Waals surface area contributed by atoms with Crippen LogP contribution in [0.5, 0.6) is 11.8 Å². The van der Waals surface area contributed by atoms with E-state index in [1.807, 2.05) is 13.8 Å². The van der Waals surface area contributed by atoms with Gasteiger partial charge in [-0.3, -0.25) is 14.2 Å². The zero-order valence-corrected chi connectivity index (χ0v) is 20.4. The van der Waals surface area contributed by atoms with Crippen LogP contribution in [-0.2, 0) is 21.4 Å². The lowest BCUT2D eigenvalue weighted by molar-refractivity contribution is -0.132. The molecule has 1 aromatic carbocycles. The van der Waals surface area contributed by atoms with Gasteiger partial charge in [-0.25, -0.2) is 4.98 Å². The van der Waals surface area contributed by atoms with Crippen LogP contribution >= 0.6 is 0 Å². The van der Waals surface area contributed by atoms with E-state index in [2.05, 4.69) is 24.7 Å². The molecule has 0 radical (unpaired) electrons. The number of carbonyl (C=O) groups excluding carboxylic acids is 1. The normalized spacial score (nSPS) is 14.5. The topological polar surface area (TPSA) is 169 Å². The maximum absolute atomic E-state index is 13.5. The summed E-state index contributed by atoms with van der Waals surface area (Å²) >= 11 is 0. The van der Waals surface area contributed by atoms with Crippen molar-refractivity contribution in [3.05, 3.63) is 46.4 Å². The zero-order chi connectivity index (χ0) is 25.8. The van der Waals surface area contributed by atoms with Gasteiger partial charge in [-0.05, 0) is 36.6 Å². The molecule has 3 aromatic heterocycles. The fourth-order valence-electron chi connectivity index (χ4n) is 4.07. The minimum Gasteiger partial charge on any atom is -0.506 e. The number of carbonyl (C=O) groups is 1. The molecule has 3 N–H and O–H groups in total. The first-order valence-electron chi connectivity index (χ1n) is 11.1. The Morgan fingerprint density at radius 2 is 2.03 bits per heavy atom. The van der Waals surface area contributed by atoms with E-state index < -0.39 is 27.3 Å². The zero-order valence-electron chi connectivity index (χ0n) is 19.6. The van der Waals surface area contributed by atoms with Crippen molar-refractivity contribution in [2.24, 2.45) is 10.3 Å². The molecule has 0 spiro atoms. The Kier molecular flexibility index (Phi) is 5.51. The Balaban J connectivity index is 1.70. The molecule has 0 saturated carbocycles.